The van der Waals surface area contributed by atoms with Crippen molar-refractivity contribution < 1.29 is 4.42 Å². The van der Waals surface area contributed by atoms with Crippen LogP contribution in [0.3, 0.4) is 0 Å². The first-order valence-corrected chi connectivity index (χ1v) is 23.0. The van der Waals surface area contributed by atoms with Crippen LogP contribution in [-0.4, -0.2) is 0 Å². The van der Waals surface area contributed by atoms with E-state index in [1.165, 1.54) is 76.6 Å². The maximum atomic E-state index is 6.39. The summed E-state index contributed by atoms with van der Waals surface area (Å²) in [5.41, 5.74) is 19.0. The summed E-state index contributed by atoms with van der Waals surface area (Å²) in [6, 6.07) is 69.7. The molecule has 0 amide bonds. The Labute approximate surface area is 363 Å². The number of para-hydroxylation sites is 1. The summed E-state index contributed by atoms with van der Waals surface area (Å²) in [6.45, 7) is 0. The summed E-state index contributed by atoms with van der Waals surface area (Å²) in [5, 5.41) is 2.27. The number of fused-ring (bicyclic) bond motifs is 9. The van der Waals surface area contributed by atoms with Crippen molar-refractivity contribution in [1.82, 2.24) is 0 Å². The predicted octanol–water partition coefficient (Wildman–Crippen LogP) is 16.0. The molecule has 2 nitrogen and oxygen atoms in total. The van der Waals surface area contributed by atoms with E-state index in [0.29, 0.717) is 0 Å². The van der Waals surface area contributed by atoms with Crippen LogP contribution < -0.4 is 4.90 Å². The second-order valence-corrected chi connectivity index (χ2v) is 19.2. The van der Waals surface area contributed by atoms with Gasteiger partial charge in [-0.1, -0.05) is 140 Å². The Hall–Kier alpha value is -6.64. The standard InChI is InChI=1S/C60H47NO/c1-2-9-37(10-3-1)39-23-27-45(28-24-39)61(47-31-32-50-49-11-5-7-16-55(49)62-56(50)35-47)46-29-25-40(26-30-46)38-17-19-41(20-18-38)48-13-8-15-53-59(48)51-12-4-6-14-52(51)60(53)36-43-22-21-42-33-44-34-54(60)58(42)57(43)44/h1-20,23-32,35,42-44,54,57-58H,21-22,33-34,36H2. The average molecular weight is 798 g/mol. The maximum Gasteiger partial charge on any atom is 0.137 e. The summed E-state index contributed by atoms with van der Waals surface area (Å²) in [6.07, 6.45) is 7.26. The smallest absolute Gasteiger partial charge is 0.137 e. The highest BCUT2D eigenvalue weighted by molar-refractivity contribution is 6.06. The number of nitrogens with zero attached hydrogens (tertiary/aromatic N) is 1. The second-order valence-electron chi connectivity index (χ2n) is 19.2. The molecular formula is C60H47NO. The van der Waals surface area contributed by atoms with Gasteiger partial charge >= 0.3 is 0 Å². The van der Waals surface area contributed by atoms with E-state index in [1.807, 2.05) is 12.1 Å². The lowest BCUT2D eigenvalue weighted by Crippen LogP contribution is -2.49. The SMILES string of the molecule is c1ccc(-c2ccc(N(c3ccc(-c4ccc(-c5cccc6c5-c5ccccc5C65CC6CCC7CC8CC5C7C86)cc4)cc3)c3ccc4c(c3)oc3ccccc34)cc2)cc1. The molecule has 0 saturated heterocycles. The molecule has 2 heteroatoms. The lowest BCUT2D eigenvalue weighted by molar-refractivity contribution is 0.0237. The number of benzene rings is 8. The zero-order valence-electron chi connectivity index (χ0n) is 34.8. The van der Waals surface area contributed by atoms with E-state index < -0.39 is 0 Å². The minimum Gasteiger partial charge on any atom is -0.456 e. The highest BCUT2D eigenvalue weighted by atomic mass is 16.3. The van der Waals surface area contributed by atoms with Gasteiger partial charge in [-0.2, -0.15) is 0 Å². The molecule has 4 saturated carbocycles. The average Bonchev–Trinajstić information content (AvgIpc) is 4.03. The molecule has 9 aromatic rings. The van der Waals surface area contributed by atoms with Gasteiger partial charge in [0.15, 0.2) is 0 Å². The largest absolute Gasteiger partial charge is 0.456 e. The van der Waals surface area contributed by atoms with Crippen molar-refractivity contribution in [3.8, 4) is 44.5 Å². The zero-order chi connectivity index (χ0) is 40.5. The van der Waals surface area contributed by atoms with Gasteiger partial charge in [0.05, 0.1) is 0 Å². The Morgan fingerprint density at radius 3 is 1.81 bits per heavy atom. The van der Waals surface area contributed by atoms with E-state index in [0.717, 1.165) is 74.5 Å². The molecule has 0 aliphatic heterocycles. The number of hydrogen-bond acceptors (Lipinski definition) is 2. The van der Waals surface area contributed by atoms with Gasteiger partial charge in [0.1, 0.15) is 11.2 Å². The molecule has 62 heavy (non-hydrogen) atoms. The summed E-state index contributed by atoms with van der Waals surface area (Å²) in [4.78, 5) is 2.34. The van der Waals surface area contributed by atoms with Crippen LogP contribution in [0.4, 0.5) is 17.1 Å². The van der Waals surface area contributed by atoms with Gasteiger partial charge in [-0.15, -0.1) is 0 Å². The Balaban J connectivity index is 0.813. The molecule has 8 aromatic carbocycles. The Bertz CT molecular complexity index is 3200. The monoisotopic (exact) mass is 797 g/mol. The summed E-state index contributed by atoms with van der Waals surface area (Å²) < 4.78 is 6.39. The number of rotatable bonds is 6. The van der Waals surface area contributed by atoms with Crippen LogP contribution >= 0.6 is 0 Å². The van der Waals surface area contributed by atoms with Crippen molar-refractivity contribution in [2.45, 2.75) is 37.5 Å². The topological polar surface area (TPSA) is 16.4 Å². The molecule has 1 spiro atoms. The quantitative estimate of drug-likeness (QED) is 0.167. The molecule has 7 unspecified atom stereocenters. The first-order valence-electron chi connectivity index (χ1n) is 23.0. The Morgan fingerprint density at radius 2 is 1.02 bits per heavy atom. The minimum absolute atomic E-state index is 0.179. The van der Waals surface area contributed by atoms with Crippen LogP contribution in [-0.2, 0) is 5.41 Å². The molecule has 0 N–H and O–H groups in total. The van der Waals surface area contributed by atoms with Crippen LogP contribution in [0.2, 0.25) is 0 Å². The molecule has 14 rings (SSSR count). The molecule has 7 atom stereocenters. The first-order chi connectivity index (χ1) is 30.7. The highest BCUT2D eigenvalue weighted by Crippen LogP contribution is 2.75. The van der Waals surface area contributed by atoms with Crippen molar-refractivity contribution in [3.63, 3.8) is 0 Å². The van der Waals surface area contributed by atoms with E-state index in [2.05, 4.69) is 181 Å². The summed E-state index contributed by atoms with van der Waals surface area (Å²) in [5.74, 6) is 5.58. The summed E-state index contributed by atoms with van der Waals surface area (Å²) in [7, 11) is 0. The molecule has 0 radical (unpaired) electrons. The van der Waals surface area contributed by atoms with Crippen LogP contribution in [0.1, 0.15) is 43.2 Å². The van der Waals surface area contributed by atoms with E-state index in [4.69, 9.17) is 4.42 Å². The van der Waals surface area contributed by atoms with Gasteiger partial charge in [-0.3, -0.25) is 0 Å². The van der Waals surface area contributed by atoms with E-state index >= 15 is 0 Å². The number of hydrogen-bond donors (Lipinski definition) is 0. The number of anilines is 3. The van der Waals surface area contributed by atoms with Crippen molar-refractivity contribution in [3.05, 3.63) is 199 Å². The molecule has 4 fully saturated rings. The highest BCUT2D eigenvalue weighted by Gasteiger charge is 2.68. The first kappa shape index (κ1) is 35.0. The zero-order valence-corrected chi connectivity index (χ0v) is 34.8. The van der Waals surface area contributed by atoms with Crippen molar-refractivity contribution in [2.24, 2.45) is 35.5 Å². The second kappa shape index (κ2) is 13.2. The Morgan fingerprint density at radius 1 is 0.419 bits per heavy atom. The fourth-order valence-electron chi connectivity index (χ4n) is 14.3. The van der Waals surface area contributed by atoms with Crippen LogP contribution in [0.25, 0.3) is 66.4 Å². The molecule has 5 aliphatic carbocycles. The normalized spacial score (nSPS) is 24.8. The molecule has 5 aliphatic rings. The third-order valence-electron chi connectivity index (χ3n) is 16.6. The summed E-state index contributed by atoms with van der Waals surface area (Å²) >= 11 is 0. The van der Waals surface area contributed by atoms with E-state index in [-0.39, 0.29) is 5.41 Å². The molecule has 1 aromatic heterocycles. The van der Waals surface area contributed by atoms with Gasteiger partial charge in [-0.25, -0.2) is 0 Å². The third-order valence-corrected chi connectivity index (χ3v) is 16.6. The lowest BCUT2D eigenvalue weighted by Gasteiger charge is -2.53. The van der Waals surface area contributed by atoms with Gasteiger partial charge in [0, 0.05) is 39.3 Å². The van der Waals surface area contributed by atoms with Gasteiger partial charge in [0.25, 0.3) is 0 Å². The molecule has 298 valence electrons. The Kier molecular flexibility index (Phi) is 7.44. The maximum absolute atomic E-state index is 6.39. The predicted molar refractivity (Wildman–Crippen MR) is 255 cm³/mol. The van der Waals surface area contributed by atoms with Crippen molar-refractivity contribution >= 4 is 39.0 Å². The minimum atomic E-state index is 0.179. The lowest BCUT2D eigenvalue weighted by atomic mass is 9.50. The molecular weight excluding hydrogens is 751 g/mol. The van der Waals surface area contributed by atoms with Crippen molar-refractivity contribution in [2.75, 3.05) is 4.90 Å². The van der Waals surface area contributed by atoms with Gasteiger partial charge in [-0.05, 0) is 166 Å². The molecule has 6 bridgehead atoms. The molecule has 1 heterocycles. The van der Waals surface area contributed by atoms with Crippen LogP contribution in [0.15, 0.2) is 192 Å². The van der Waals surface area contributed by atoms with Gasteiger partial charge < -0.3 is 9.32 Å². The van der Waals surface area contributed by atoms with Crippen LogP contribution in [0, 0.1) is 35.5 Å². The fraction of sp³-hybridized carbons (Fsp3) is 0.200. The van der Waals surface area contributed by atoms with Gasteiger partial charge in [0.2, 0.25) is 0 Å². The fourth-order valence-corrected chi connectivity index (χ4v) is 14.3. The van der Waals surface area contributed by atoms with E-state index in [1.54, 1.807) is 11.1 Å². The third kappa shape index (κ3) is 4.92. The van der Waals surface area contributed by atoms with Crippen molar-refractivity contribution in [1.29, 1.82) is 0 Å². The number of furan rings is 1. The van der Waals surface area contributed by atoms with Crippen LogP contribution in [0.5, 0.6) is 0 Å². The van der Waals surface area contributed by atoms with E-state index in [9.17, 15) is 0 Å².